The van der Waals surface area contributed by atoms with Crippen LogP contribution in [0.2, 0.25) is 0 Å². The first kappa shape index (κ1) is 11.8. The van der Waals surface area contributed by atoms with Gasteiger partial charge < -0.3 is 10.6 Å². The molecule has 1 saturated heterocycles. The summed E-state index contributed by atoms with van der Waals surface area (Å²) in [7, 11) is 0. The van der Waals surface area contributed by atoms with E-state index in [1.165, 1.54) is 32.1 Å². The van der Waals surface area contributed by atoms with Gasteiger partial charge in [0.15, 0.2) is 0 Å². The molecule has 4 nitrogen and oxygen atoms in total. The molecule has 1 aromatic rings. The molecule has 2 N–H and O–H groups in total. The molecule has 2 aliphatic rings. The van der Waals surface area contributed by atoms with Gasteiger partial charge in [0.2, 0.25) is 5.95 Å². The Morgan fingerprint density at radius 3 is 2.83 bits per heavy atom. The van der Waals surface area contributed by atoms with Crippen molar-refractivity contribution in [2.24, 2.45) is 11.1 Å². The van der Waals surface area contributed by atoms with Crippen LogP contribution in [0.3, 0.4) is 0 Å². The molecule has 0 radical (unpaired) electrons. The van der Waals surface area contributed by atoms with Gasteiger partial charge in [-0.3, -0.25) is 0 Å². The fraction of sp³-hybridized carbons (Fsp3) is 0.615. The van der Waals surface area contributed by atoms with E-state index in [1.54, 1.807) is 12.3 Å². The molecule has 96 valence electrons. The average Bonchev–Trinajstić information content (AvgIpc) is 3.01. The number of hydrogen-bond acceptors (Lipinski definition) is 4. The predicted octanol–water partition coefficient (Wildman–Crippen LogP) is 1.88. The van der Waals surface area contributed by atoms with Crippen LogP contribution in [0.4, 0.5) is 5.95 Å². The molecule has 0 bridgehead atoms. The highest BCUT2D eigenvalue weighted by molar-refractivity contribution is 7.80. The number of nitrogens with zero attached hydrogens (tertiary/aromatic N) is 3. The first-order chi connectivity index (χ1) is 8.69. The molecule has 3 rings (SSSR count). The van der Waals surface area contributed by atoms with Crippen molar-refractivity contribution in [3.63, 3.8) is 0 Å². The molecule has 1 spiro atoms. The summed E-state index contributed by atoms with van der Waals surface area (Å²) >= 11 is 4.97. The molecule has 2 heterocycles. The second-order valence-corrected chi connectivity index (χ2v) is 5.92. The summed E-state index contributed by atoms with van der Waals surface area (Å²) < 4.78 is 0. The van der Waals surface area contributed by atoms with Crippen LogP contribution >= 0.6 is 12.2 Å². The SMILES string of the molecule is NC(=S)c1ccnc(N2CCC3(CCCC3)C2)n1. The van der Waals surface area contributed by atoms with Gasteiger partial charge in [0.25, 0.3) is 0 Å². The number of thiocarbonyl (C=S) groups is 1. The summed E-state index contributed by atoms with van der Waals surface area (Å²) in [6, 6.07) is 1.77. The van der Waals surface area contributed by atoms with Gasteiger partial charge in [-0.1, -0.05) is 25.1 Å². The van der Waals surface area contributed by atoms with Gasteiger partial charge in [-0.05, 0) is 30.7 Å². The Morgan fingerprint density at radius 1 is 1.33 bits per heavy atom. The lowest BCUT2D eigenvalue weighted by Gasteiger charge is -2.23. The van der Waals surface area contributed by atoms with Gasteiger partial charge in [-0.2, -0.15) is 0 Å². The summed E-state index contributed by atoms with van der Waals surface area (Å²) in [5.74, 6) is 0.782. The maximum atomic E-state index is 5.62. The number of rotatable bonds is 2. The van der Waals surface area contributed by atoms with Gasteiger partial charge in [0.05, 0.1) is 0 Å². The molecule has 18 heavy (non-hydrogen) atoms. The highest BCUT2D eigenvalue weighted by Gasteiger charge is 2.40. The molecule has 0 aromatic carbocycles. The quantitative estimate of drug-likeness (QED) is 0.825. The Morgan fingerprint density at radius 2 is 2.11 bits per heavy atom. The maximum Gasteiger partial charge on any atom is 0.225 e. The fourth-order valence-electron chi connectivity index (χ4n) is 3.28. The van der Waals surface area contributed by atoms with Crippen LogP contribution in [0.5, 0.6) is 0 Å². The van der Waals surface area contributed by atoms with Gasteiger partial charge >= 0.3 is 0 Å². The van der Waals surface area contributed by atoms with Crippen LogP contribution in [-0.4, -0.2) is 28.0 Å². The van der Waals surface area contributed by atoms with E-state index < -0.39 is 0 Å². The van der Waals surface area contributed by atoms with E-state index in [4.69, 9.17) is 18.0 Å². The highest BCUT2D eigenvalue weighted by Crippen LogP contribution is 2.45. The van der Waals surface area contributed by atoms with Crippen molar-refractivity contribution in [2.75, 3.05) is 18.0 Å². The second-order valence-electron chi connectivity index (χ2n) is 5.48. The molecule has 2 fully saturated rings. The van der Waals surface area contributed by atoms with Crippen LogP contribution in [0.1, 0.15) is 37.8 Å². The third-order valence-corrected chi connectivity index (χ3v) is 4.49. The van der Waals surface area contributed by atoms with E-state index in [0.29, 0.717) is 16.1 Å². The molecule has 5 heteroatoms. The van der Waals surface area contributed by atoms with E-state index in [0.717, 1.165) is 19.0 Å². The van der Waals surface area contributed by atoms with Crippen LogP contribution in [-0.2, 0) is 0 Å². The third kappa shape index (κ3) is 2.07. The minimum absolute atomic E-state index is 0.341. The Kier molecular flexibility index (Phi) is 2.93. The van der Waals surface area contributed by atoms with E-state index in [9.17, 15) is 0 Å². The first-order valence-electron chi connectivity index (χ1n) is 6.56. The fourth-order valence-corrected chi connectivity index (χ4v) is 3.39. The van der Waals surface area contributed by atoms with Crippen molar-refractivity contribution in [3.05, 3.63) is 18.0 Å². The number of anilines is 1. The lowest BCUT2D eigenvalue weighted by atomic mass is 9.86. The lowest BCUT2D eigenvalue weighted by Crippen LogP contribution is -2.27. The Hall–Kier alpha value is -1.23. The van der Waals surface area contributed by atoms with Crippen molar-refractivity contribution < 1.29 is 0 Å². The molecule has 0 atom stereocenters. The van der Waals surface area contributed by atoms with Crippen molar-refractivity contribution in [2.45, 2.75) is 32.1 Å². The zero-order valence-corrected chi connectivity index (χ0v) is 11.2. The summed E-state index contributed by atoms with van der Waals surface area (Å²) in [5.41, 5.74) is 6.82. The topological polar surface area (TPSA) is 55.0 Å². The zero-order valence-electron chi connectivity index (χ0n) is 10.4. The summed E-state index contributed by atoms with van der Waals surface area (Å²) in [6.45, 7) is 2.15. The molecular weight excluding hydrogens is 244 g/mol. The molecule has 0 amide bonds. The molecule has 1 aromatic heterocycles. The largest absolute Gasteiger partial charge is 0.388 e. The van der Waals surface area contributed by atoms with Crippen molar-refractivity contribution >= 4 is 23.2 Å². The number of aromatic nitrogens is 2. The lowest BCUT2D eigenvalue weighted by molar-refractivity contribution is 0.340. The second kappa shape index (κ2) is 4.46. The Labute approximate surface area is 113 Å². The van der Waals surface area contributed by atoms with Crippen LogP contribution < -0.4 is 10.6 Å². The predicted molar refractivity (Wildman–Crippen MR) is 75.7 cm³/mol. The van der Waals surface area contributed by atoms with Crippen molar-refractivity contribution in [1.29, 1.82) is 0 Å². The third-order valence-electron chi connectivity index (χ3n) is 4.28. The van der Waals surface area contributed by atoms with Crippen LogP contribution in [0, 0.1) is 5.41 Å². The molecule has 1 saturated carbocycles. The minimum Gasteiger partial charge on any atom is -0.388 e. The van der Waals surface area contributed by atoms with E-state index >= 15 is 0 Å². The molecule has 1 aliphatic carbocycles. The molecule has 1 aliphatic heterocycles. The van der Waals surface area contributed by atoms with Gasteiger partial charge in [-0.25, -0.2) is 9.97 Å². The first-order valence-corrected chi connectivity index (χ1v) is 6.97. The monoisotopic (exact) mass is 262 g/mol. The number of hydrogen-bond donors (Lipinski definition) is 1. The minimum atomic E-state index is 0.341. The number of nitrogens with two attached hydrogens (primary N) is 1. The van der Waals surface area contributed by atoms with E-state index in [-0.39, 0.29) is 0 Å². The normalized spacial score (nSPS) is 21.7. The Bertz CT molecular complexity index is 468. The van der Waals surface area contributed by atoms with Gasteiger partial charge in [0, 0.05) is 19.3 Å². The van der Waals surface area contributed by atoms with E-state index in [2.05, 4.69) is 14.9 Å². The smallest absolute Gasteiger partial charge is 0.225 e. The maximum absolute atomic E-state index is 5.62. The molecule has 0 unspecified atom stereocenters. The van der Waals surface area contributed by atoms with Crippen LogP contribution in [0.15, 0.2) is 12.3 Å². The Balaban J connectivity index is 1.80. The highest BCUT2D eigenvalue weighted by atomic mass is 32.1. The zero-order chi connectivity index (χ0) is 12.6. The van der Waals surface area contributed by atoms with Crippen LogP contribution in [0.25, 0.3) is 0 Å². The van der Waals surface area contributed by atoms with E-state index in [1.807, 2.05) is 0 Å². The summed E-state index contributed by atoms with van der Waals surface area (Å²) in [5, 5.41) is 0. The standard InChI is InChI=1S/C13H18N4S/c14-11(18)10-3-7-15-12(16-10)17-8-6-13(9-17)4-1-2-5-13/h3,7H,1-2,4-6,8-9H2,(H2,14,18). The summed E-state index contributed by atoms with van der Waals surface area (Å²) in [4.78, 5) is 11.4. The summed E-state index contributed by atoms with van der Waals surface area (Å²) in [6.07, 6.45) is 8.49. The van der Waals surface area contributed by atoms with Crippen molar-refractivity contribution in [3.8, 4) is 0 Å². The van der Waals surface area contributed by atoms with Gasteiger partial charge in [-0.15, -0.1) is 0 Å². The van der Waals surface area contributed by atoms with Crippen molar-refractivity contribution in [1.82, 2.24) is 9.97 Å². The van der Waals surface area contributed by atoms with Gasteiger partial charge in [0.1, 0.15) is 10.7 Å². The molecular formula is C13H18N4S. The average molecular weight is 262 g/mol.